The second-order valence-corrected chi connectivity index (χ2v) is 11.5. The standard InChI is InChI=1S/C19H31N3O3S2.C7H7Cl2N/c1-16(6-12-27-20-15-23)21-8-3-18(4-9-21)22(19(24)5-10-25-2)13-17-7-11-26-14-17;1-4-3-6(8)10-7(9)5(4)2/h7,11,14-16,18H,3-6,8-10,12-13H2,1-2H3,(H,20,23);3H,1-2H3. The highest BCUT2D eigenvalue weighted by Crippen LogP contribution is 2.23. The van der Waals surface area contributed by atoms with Crippen LogP contribution in [0.4, 0.5) is 0 Å². The van der Waals surface area contributed by atoms with Crippen molar-refractivity contribution in [1.82, 2.24) is 19.5 Å². The second kappa shape index (κ2) is 17.3. The summed E-state index contributed by atoms with van der Waals surface area (Å²) in [7, 11) is 1.64. The third-order valence-electron chi connectivity index (χ3n) is 6.55. The van der Waals surface area contributed by atoms with Crippen LogP contribution in [0.25, 0.3) is 0 Å². The van der Waals surface area contributed by atoms with Gasteiger partial charge in [0.2, 0.25) is 12.3 Å². The molecular formula is C26H38Cl2N4O3S2. The van der Waals surface area contributed by atoms with Gasteiger partial charge in [-0.3, -0.25) is 9.59 Å². The Morgan fingerprint density at radius 1 is 1.38 bits per heavy atom. The first kappa shape index (κ1) is 31.9. The maximum absolute atomic E-state index is 12.7. The minimum atomic E-state index is 0.186. The molecule has 2 aromatic heterocycles. The van der Waals surface area contributed by atoms with Crippen molar-refractivity contribution in [1.29, 1.82) is 0 Å². The van der Waals surface area contributed by atoms with Gasteiger partial charge in [0.15, 0.2) is 0 Å². The van der Waals surface area contributed by atoms with Crippen molar-refractivity contribution >= 4 is 58.8 Å². The Labute approximate surface area is 239 Å². The fourth-order valence-electron chi connectivity index (χ4n) is 4.14. The first-order valence-corrected chi connectivity index (χ1v) is 15.1. The van der Waals surface area contributed by atoms with Crippen molar-refractivity contribution in [2.75, 3.05) is 32.6 Å². The number of thiophene rings is 1. The molecule has 37 heavy (non-hydrogen) atoms. The molecule has 0 spiro atoms. The van der Waals surface area contributed by atoms with E-state index in [1.54, 1.807) is 24.5 Å². The van der Waals surface area contributed by atoms with E-state index in [1.807, 2.05) is 13.8 Å². The van der Waals surface area contributed by atoms with Gasteiger partial charge in [-0.15, -0.1) is 0 Å². The fourth-order valence-corrected chi connectivity index (χ4v) is 5.97. The molecule has 0 aliphatic carbocycles. The van der Waals surface area contributed by atoms with E-state index < -0.39 is 0 Å². The number of carbonyl (C=O) groups is 2. The van der Waals surface area contributed by atoms with E-state index in [0.717, 1.165) is 55.6 Å². The number of nitrogens with one attached hydrogen (secondary N) is 1. The lowest BCUT2D eigenvalue weighted by Gasteiger charge is -2.41. The maximum atomic E-state index is 12.7. The molecule has 7 nitrogen and oxygen atoms in total. The zero-order valence-corrected chi connectivity index (χ0v) is 25.2. The Morgan fingerprint density at radius 2 is 2.11 bits per heavy atom. The van der Waals surface area contributed by atoms with Gasteiger partial charge in [0, 0.05) is 44.6 Å². The molecule has 1 fully saturated rings. The van der Waals surface area contributed by atoms with Crippen LogP contribution in [0.5, 0.6) is 0 Å². The number of hydrogen-bond acceptors (Lipinski definition) is 7. The average Bonchev–Trinajstić information content (AvgIpc) is 3.40. The lowest BCUT2D eigenvalue weighted by Crippen LogP contribution is -2.49. The summed E-state index contributed by atoms with van der Waals surface area (Å²) in [6, 6.07) is 4.68. The Morgan fingerprint density at radius 3 is 2.70 bits per heavy atom. The Kier molecular flexibility index (Phi) is 14.9. The number of piperidine rings is 1. The Bertz CT molecular complexity index is 934. The number of ether oxygens (including phenoxy) is 1. The fraction of sp³-hybridized carbons (Fsp3) is 0.577. The number of aromatic nitrogens is 1. The highest BCUT2D eigenvalue weighted by atomic mass is 35.5. The molecule has 206 valence electrons. The van der Waals surface area contributed by atoms with Crippen LogP contribution in [0.15, 0.2) is 22.9 Å². The number of methoxy groups -OCH3 is 1. The quantitative estimate of drug-likeness (QED) is 0.147. The molecule has 11 heteroatoms. The summed E-state index contributed by atoms with van der Waals surface area (Å²) in [6.45, 7) is 9.30. The number of rotatable bonds is 12. The first-order chi connectivity index (χ1) is 17.8. The number of carbonyl (C=O) groups excluding carboxylic acids is 2. The Hall–Kier alpha value is -1.36. The number of halogens is 2. The number of nitrogens with zero attached hydrogens (tertiary/aromatic N) is 3. The van der Waals surface area contributed by atoms with Gasteiger partial charge in [-0.25, -0.2) is 4.98 Å². The van der Waals surface area contributed by atoms with Gasteiger partial charge in [0.25, 0.3) is 0 Å². The molecule has 1 saturated heterocycles. The van der Waals surface area contributed by atoms with Crippen LogP contribution in [0.3, 0.4) is 0 Å². The number of aryl methyl sites for hydroxylation is 1. The lowest BCUT2D eigenvalue weighted by atomic mass is 10.00. The van der Waals surface area contributed by atoms with E-state index in [1.165, 1.54) is 17.5 Å². The Balaban J connectivity index is 0.000000402. The van der Waals surface area contributed by atoms with Crippen LogP contribution in [0, 0.1) is 13.8 Å². The van der Waals surface area contributed by atoms with Crippen LogP contribution in [-0.2, 0) is 20.9 Å². The van der Waals surface area contributed by atoms with Crippen LogP contribution < -0.4 is 4.72 Å². The molecule has 3 heterocycles. The average molecular weight is 590 g/mol. The van der Waals surface area contributed by atoms with Gasteiger partial charge in [0.05, 0.1) is 13.0 Å². The van der Waals surface area contributed by atoms with Crippen molar-refractivity contribution < 1.29 is 14.3 Å². The third-order valence-corrected chi connectivity index (χ3v) is 8.54. The highest BCUT2D eigenvalue weighted by Gasteiger charge is 2.29. The van der Waals surface area contributed by atoms with Crippen molar-refractivity contribution in [3.8, 4) is 0 Å². The summed E-state index contributed by atoms with van der Waals surface area (Å²) >= 11 is 14.5. The largest absolute Gasteiger partial charge is 0.384 e. The van der Waals surface area contributed by atoms with E-state index >= 15 is 0 Å². The predicted molar refractivity (Wildman–Crippen MR) is 155 cm³/mol. The van der Waals surface area contributed by atoms with Gasteiger partial charge in [0.1, 0.15) is 10.3 Å². The summed E-state index contributed by atoms with van der Waals surface area (Å²) in [5.74, 6) is 1.10. The summed E-state index contributed by atoms with van der Waals surface area (Å²) < 4.78 is 7.75. The number of pyridine rings is 1. The predicted octanol–water partition coefficient (Wildman–Crippen LogP) is 5.76. The summed E-state index contributed by atoms with van der Waals surface area (Å²) in [4.78, 5) is 31.5. The summed E-state index contributed by atoms with van der Waals surface area (Å²) in [6.07, 6.45) is 4.23. The second-order valence-electron chi connectivity index (χ2n) is 9.06. The van der Waals surface area contributed by atoms with Crippen LogP contribution in [0.1, 0.15) is 49.3 Å². The molecule has 1 unspecified atom stereocenters. The van der Waals surface area contributed by atoms with Crippen LogP contribution in [-0.4, -0.2) is 71.7 Å². The lowest BCUT2D eigenvalue weighted by molar-refractivity contribution is -0.136. The molecule has 1 aliphatic rings. The zero-order valence-electron chi connectivity index (χ0n) is 22.0. The molecule has 2 aromatic rings. The molecule has 1 atom stereocenters. The van der Waals surface area contributed by atoms with Crippen molar-refractivity contribution in [3.05, 3.63) is 49.9 Å². The van der Waals surface area contributed by atoms with Gasteiger partial charge < -0.3 is 19.3 Å². The molecule has 0 aromatic carbocycles. The van der Waals surface area contributed by atoms with Crippen molar-refractivity contribution in [2.24, 2.45) is 0 Å². The summed E-state index contributed by atoms with van der Waals surface area (Å²) in [5, 5.41) is 5.13. The van der Waals surface area contributed by atoms with Gasteiger partial charge in [-0.05, 0) is 79.6 Å². The maximum Gasteiger partial charge on any atom is 0.225 e. The van der Waals surface area contributed by atoms with E-state index in [0.29, 0.717) is 42.0 Å². The molecular weight excluding hydrogens is 551 g/mol. The SMILES string of the molecule is COCCC(=O)N(Cc1ccsc1)C1CCN(C(C)CCSNC=O)CC1.Cc1cc(Cl)nc(Cl)c1C. The van der Waals surface area contributed by atoms with Gasteiger partial charge in [-0.2, -0.15) is 11.3 Å². The molecule has 0 saturated carbocycles. The molecule has 3 rings (SSSR count). The van der Waals surface area contributed by atoms with E-state index in [4.69, 9.17) is 27.9 Å². The molecule has 1 N–H and O–H groups in total. The smallest absolute Gasteiger partial charge is 0.225 e. The first-order valence-electron chi connectivity index (χ1n) is 12.4. The topological polar surface area (TPSA) is 74.8 Å². The molecule has 1 aliphatic heterocycles. The monoisotopic (exact) mass is 588 g/mol. The van der Waals surface area contributed by atoms with Gasteiger partial charge in [-0.1, -0.05) is 35.1 Å². The minimum Gasteiger partial charge on any atom is -0.384 e. The number of hydrogen-bond donors (Lipinski definition) is 1. The normalized spacial score (nSPS) is 15.0. The third kappa shape index (κ3) is 11.1. The molecule has 2 amide bonds. The van der Waals surface area contributed by atoms with Crippen molar-refractivity contribution in [2.45, 2.75) is 65.1 Å². The van der Waals surface area contributed by atoms with Crippen LogP contribution >= 0.6 is 46.5 Å². The molecule has 0 radical (unpaired) electrons. The van der Waals surface area contributed by atoms with Crippen LogP contribution in [0.2, 0.25) is 10.3 Å². The van der Waals surface area contributed by atoms with Crippen molar-refractivity contribution in [3.63, 3.8) is 0 Å². The van der Waals surface area contributed by atoms with E-state index in [2.05, 4.69) is 43.3 Å². The highest BCUT2D eigenvalue weighted by molar-refractivity contribution is 7.97. The zero-order chi connectivity index (χ0) is 27.2. The minimum absolute atomic E-state index is 0.186. The van der Waals surface area contributed by atoms with E-state index in [9.17, 15) is 9.59 Å². The molecule has 0 bridgehead atoms. The van der Waals surface area contributed by atoms with Gasteiger partial charge >= 0.3 is 0 Å². The number of amides is 2. The summed E-state index contributed by atoms with van der Waals surface area (Å²) in [5.41, 5.74) is 3.28. The number of likely N-dealkylation sites (tertiary alicyclic amines) is 1. The van der Waals surface area contributed by atoms with E-state index in [-0.39, 0.29) is 5.91 Å².